The summed E-state index contributed by atoms with van der Waals surface area (Å²) in [5.74, 6) is 0.0698. The van der Waals surface area contributed by atoms with Crippen LogP contribution in [0.4, 0.5) is 0 Å². The van der Waals surface area contributed by atoms with Gasteiger partial charge in [-0.15, -0.1) is 0 Å². The minimum Gasteiger partial charge on any atom is -0.382 e. The molecule has 0 aliphatic carbocycles. The van der Waals surface area contributed by atoms with Crippen molar-refractivity contribution in [3.05, 3.63) is 35.5 Å². The molecule has 4 rings (SSSR count). The molecule has 2 aromatic rings. The quantitative estimate of drug-likeness (QED) is 0.823. The van der Waals surface area contributed by atoms with Crippen LogP contribution in [0.2, 0.25) is 0 Å². The Labute approximate surface area is 159 Å². The maximum absolute atomic E-state index is 13.2. The first-order valence-electron chi connectivity index (χ1n) is 9.74. The largest absolute Gasteiger partial charge is 0.382 e. The number of nitrogens with one attached hydrogen (secondary N) is 1. The number of para-hydroxylation sites is 1. The molecule has 0 saturated carbocycles. The number of rotatable bonds is 5. The van der Waals surface area contributed by atoms with E-state index in [1.54, 1.807) is 9.80 Å². The van der Waals surface area contributed by atoms with E-state index in [2.05, 4.69) is 11.1 Å². The Morgan fingerprint density at radius 3 is 2.81 bits per heavy atom. The summed E-state index contributed by atoms with van der Waals surface area (Å²) < 4.78 is 5.37. The molecule has 0 radical (unpaired) electrons. The van der Waals surface area contributed by atoms with Crippen LogP contribution in [-0.4, -0.2) is 58.9 Å². The van der Waals surface area contributed by atoms with Crippen molar-refractivity contribution < 1.29 is 14.3 Å². The van der Waals surface area contributed by atoms with Gasteiger partial charge in [-0.1, -0.05) is 18.2 Å². The monoisotopic (exact) mass is 369 g/mol. The Kier molecular flexibility index (Phi) is 4.46. The van der Waals surface area contributed by atoms with Gasteiger partial charge < -0.3 is 19.5 Å². The van der Waals surface area contributed by atoms with Crippen molar-refractivity contribution >= 4 is 22.7 Å². The van der Waals surface area contributed by atoms with Gasteiger partial charge in [0.25, 0.3) is 0 Å². The third-order valence-electron chi connectivity index (χ3n) is 5.85. The van der Waals surface area contributed by atoms with Gasteiger partial charge in [0.05, 0.1) is 12.1 Å². The summed E-state index contributed by atoms with van der Waals surface area (Å²) in [7, 11) is 0. The van der Waals surface area contributed by atoms with E-state index in [0.717, 1.165) is 28.6 Å². The van der Waals surface area contributed by atoms with Crippen molar-refractivity contribution in [1.82, 2.24) is 14.8 Å². The lowest BCUT2D eigenvalue weighted by Gasteiger charge is -2.51. The van der Waals surface area contributed by atoms with E-state index in [9.17, 15) is 9.59 Å². The van der Waals surface area contributed by atoms with Crippen LogP contribution in [0, 0.1) is 0 Å². The van der Waals surface area contributed by atoms with E-state index in [1.165, 1.54) is 0 Å². The van der Waals surface area contributed by atoms with Crippen LogP contribution < -0.4 is 0 Å². The summed E-state index contributed by atoms with van der Waals surface area (Å²) in [5.41, 5.74) is 2.73. The number of fused-ring (bicyclic) bond motifs is 4. The molecule has 0 bridgehead atoms. The van der Waals surface area contributed by atoms with Crippen molar-refractivity contribution in [3.8, 4) is 0 Å². The number of aromatic nitrogens is 1. The normalized spacial score (nSPS) is 21.5. The van der Waals surface area contributed by atoms with Gasteiger partial charge in [0.2, 0.25) is 11.8 Å². The average molecular weight is 369 g/mol. The molecular formula is C21H27N3O3. The van der Waals surface area contributed by atoms with Crippen LogP contribution in [0.3, 0.4) is 0 Å². The van der Waals surface area contributed by atoms with Gasteiger partial charge in [-0.3, -0.25) is 9.59 Å². The Morgan fingerprint density at radius 2 is 2.04 bits per heavy atom. The average Bonchev–Trinajstić information content (AvgIpc) is 3.02. The van der Waals surface area contributed by atoms with E-state index < -0.39 is 11.6 Å². The third-order valence-corrected chi connectivity index (χ3v) is 5.85. The number of amides is 2. The molecule has 1 saturated heterocycles. The SMILES string of the molecule is CCOCCCN1CC(=O)N2[C@@H](Cc3c([nH]c4ccccc34)C2(C)C)C1=O. The van der Waals surface area contributed by atoms with E-state index in [1.807, 2.05) is 39.0 Å². The lowest BCUT2D eigenvalue weighted by molar-refractivity contribution is -0.164. The van der Waals surface area contributed by atoms with Crippen molar-refractivity contribution in [1.29, 1.82) is 0 Å². The molecule has 6 heteroatoms. The second kappa shape index (κ2) is 6.68. The number of carbonyl (C=O) groups excluding carboxylic acids is 2. The molecule has 2 aliphatic rings. The summed E-state index contributed by atoms with van der Waals surface area (Å²) in [6.45, 7) is 8.02. The lowest BCUT2D eigenvalue weighted by Crippen LogP contribution is -2.67. The molecule has 1 fully saturated rings. The van der Waals surface area contributed by atoms with Gasteiger partial charge in [-0.05, 0) is 38.8 Å². The second-order valence-corrected chi connectivity index (χ2v) is 7.88. The van der Waals surface area contributed by atoms with Crippen molar-refractivity contribution in [2.75, 3.05) is 26.3 Å². The third kappa shape index (κ3) is 2.83. The van der Waals surface area contributed by atoms with Crippen LogP contribution in [0.5, 0.6) is 0 Å². The number of hydrogen-bond acceptors (Lipinski definition) is 3. The van der Waals surface area contributed by atoms with Gasteiger partial charge in [0.1, 0.15) is 6.04 Å². The van der Waals surface area contributed by atoms with Gasteiger partial charge in [0, 0.05) is 42.8 Å². The fourth-order valence-corrected chi connectivity index (χ4v) is 4.63. The van der Waals surface area contributed by atoms with E-state index in [-0.39, 0.29) is 18.4 Å². The van der Waals surface area contributed by atoms with Crippen LogP contribution in [0.25, 0.3) is 10.9 Å². The molecule has 144 valence electrons. The minimum atomic E-state index is -0.540. The summed E-state index contributed by atoms with van der Waals surface area (Å²) in [6, 6.07) is 7.72. The first-order chi connectivity index (χ1) is 12.9. The molecular weight excluding hydrogens is 342 g/mol. The Balaban J connectivity index is 1.67. The molecule has 1 N–H and O–H groups in total. The molecule has 3 heterocycles. The maximum atomic E-state index is 13.2. The lowest BCUT2D eigenvalue weighted by atomic mass is 9.82. The van der Waals surface area contributed by atoms with Crippen molar-refractivity contribution in [2.45, 2.75) is 45.2 Å². The van der Waals surface area contributed by atoms with Gasteiger partial charge in [0.15, 0.2) is 0 Å². The van der Waals surface area contributed by atoms with Crippen LogP contribution >= 0.6 is 0 Å². The number of ether oxygens (including phenoxy) is 1. The molecule has 2 amide bonds. The van der Waals surface area contributed by atoms with E-state index in [0.29, 0.717) is 26.2 Å². The van der Waals surface area contributed by atoms with E-state index >= 15 is 0 Å². The Bertz CT molecular complexity index is 886. The molecule has 27 heavy (non-hydrogen) atoms. The van der Waals surface area contributed by atoms with Crippen LogP contribution in [-0.2, 0) is 26.3 Å². The highest BCUT2D eigenvalue weighted by Crippen LogP contribution is 2.42. The first kappa shape index (κ1) is 18.0. The highest BCUT2D eigenvalue weighted by Gasteiger charge is 2.51. The number of nitrogens with zero attached hydrogens (tertiary/aromatic N) is 2. The number of benzene rings is 1. The Hall–Kier alpha value is -2.34. The molecule has 1 aromatic carbocycles. The molecule has 2 aliphatic heterocycles. The number of H-pyrrole nitrogens is 1. The highest BCUT2D eigenvalue weighted by molar-refractivity contribution is 5.97. The predicted molar refractivity (Wildman–Crippen MR) is 103 cm³/mol. The van der Waals surface area contributed by atoms with Crippen molar-refractivity contribution in [3.63, 3.8) is 0 Å². The van der Waals surface area contributed by atoms with E-state index in [4.69, 9.17) is 4.74 Å². The molecule has 6 nitrogen and oxygen atoms in total. The summed E-state index contributed by atoms with van der Waals surface area (Å²) in [5, 5.41) is 1.15. The molecule has 1 aromatic heterocycles. The maximum Gasteiger partial charge on any atom is 0.246 e. The van der Waals surface area contributed by atoms with Gasteiger partial charge in [-0.25, -0.2) is 0 Å². The zero-order valence-corrected chi connectivity index (χ0v) is 16.2. The van der Waals surface area contributed by atoms with Gasteiger partial charge in [-0.2, -0.15) is 0 Å². The summed E-state index contributed by atoms with van der Waals surface area (Å²) >= 11 is 0. The molecule has 0 unspecified atom stereocenters. The molecule has 1 atom stereocenters. The number of piperazine rings is 1. The first-order valence-corrected chi connectivity index (χ1v) is 9.74. The van der Waals surface area contributed by atoms with Crippen molar-refractivity contribution in [2.24, 2.45) is 0 Å². The summed E-state index contributed by atoms with van der Waals surface area (Å²) in [6.07, 6.45) is 1.32. The smallest absolute Gasteiger partial charge is 0.246 e. The second-order valence-electron chi connectivity index (χ2n) is 7.88. The number of carbonyl (C=O) groups is 2. The fourth-order valence-electron chi connectivity index (χ4n) is 4.63. The zero-order valence-electron chi connectivity index (χ0n) is 16.2. The summed E-state index contributed by atoms with van der Waals surface area (Å²) in [4.78, 5) is 33.2. The Morgan fingerprint density at radius 1 is 1.26 bits per heavy atom. The fraction of sp³-hybridized carbons (Fsp3) is 0.524. The van der Waals surface area contributed by atoms with Crippen LogP contribution in [0.15, 0.2) is 24.3 Å². The zero-order chi connectivity index (χ0) is 19.2. The topological polar surface area (TPSA) is 65.6 Å². The van der Waals surface area contributed by atoms with Crippen LogP contribution in [0.1, 0.15) is 38.4 Å². The standard InChI is InChI=1S/C21H27N3O3/c1-4-27-11-7-10-23-13-18(25)24-17(20(23)26)12-15-14-8-5-6-9-16(14)22-19(15)21(24,2)3/h5-6,8-9,17,22H,4,7,10-13H2,1-3H3/t17-/m0/s1. The minimum absolute atomic E-state index is 0.0188. The predicted octanol–water partition coefficient (Wildman–Crippen LogP) is 2.43. The number of hydrogen-bond donors (Lipinski definition) is 1. The number of aromatic amines is 1. The van der Waals surface area contributed by atoms with Gasteiger partial charge >= 0.3 is 0 Å². The molecule has 0 spiro atoms. The highest BCUT2D eigenvalue weighted by atomic mass is 16.5.